The quantitative estimate of drug-likeness (QED) is 0.786. The van der Waals surface area contributed by atoms with E-state index in [2.05, 4.69) is 75.2 Å². The Labute approximate surface area is 163 Å². The first kappa shape index (κ1) is 17.5. The minimum Gasteiger partial charge on any atom is -0.326 e. The van der Waals surface area contributed by atoms with Crippen molar-refractivity contribution in [3.63, 3.8) is 0 Å². The van der Waals surface area contributed by atoms with Crippen LogP contribution in [0, 0.1) is 5.92 Å². The van der Waals surface area contributed by atoms with Crippen molar-refractivity contribution in [1.29, 1.82) is 0 Å². The molecule has 1 amide bonds. The van der Waals surface area contributed by atoms with Gasteiger partial charge in [0.1, 0.15) is 0 Å². The summed E-state index contributed by atoms with van der Waals surface area (Å²) >= 11 is 3.66. The lowest BCUT2D eigenvalue weighted by atomic mass is 9.99. The predicted molar refractivity (Wildman–Crippen MR) is 108 cm³/mol. The number of hydrogen-bond donors (Lipinski definition) is 1. The Morgan fingerprint density at radius 1 is 1.19 bits per heavy atom. The van der Waals surface area contributed by atoms with Gasteiger partial charge in [-0.2, -0.15) is 0 Å². The highest BCUT2D eigenvalue weighted by atomic mass is 79.9. The van der Waals surface area contributed by atoms with Crippen molar-refractivity contribution in [3.05, 3.63) is 75.8 Å². The molecule has 1 saturated carbocycles. The molecule has 0 aromatic heterocycles. The van der Waals surface area contributed by atoms with Gasteiger partial charge in [-0.15, -0.1) is 0 Å². The van der Waals surface area contributed by atoms with Gasteiger partial charge in [-0.25, -0.2) is 0 Å². The third kappa shape index (κ3) is 3.92. The van der Waals surface area contributed by atoms with E-state index < -0.39 is 0 Å². The lowest BCUT2D eigenvalue weighted by Crippen LogP contribution is -2.30. The van der Waals surface area contributed by atoms with E-state index in [1.807, 2.05) is 0 Å². The molecule has 0 bridgehead atoms. The second-order valence-electron chi connectivity index (χ2n) is 7.28. The molecule has 1 heterocycles. The second kappa shape index (κ2) is 7.37. The molecule has 134 valence electrons. The molecule has 26 heavy (non-hydrogen) atoms. The zero-order chi connectivity index (χ0) is 18.1. The van der Waals surface area contributed by atoms with Crippen LogP contribution in [0.15, 0.2) is 53.5 Å². The van der Waals surface area contributed by atoms with Crippen molar-refractivity contribution >= 4 is 27.5 Å². The average Bonchev–Trinajstić information content (AvgIpc) is 3.47. The number of halogens is 1. The SMILES string of the molecule is C=C(NC(=O)C1CC1)c1ccc(CN2CCc3c(Br)cccc3C2)cc1. The smallest absolute Gasteiger partial charge is 0.227 e. The fourth-order valence-electron chi connectivity index (χ4n) is 3.49. The lowest BCUT2D eigenvalue weighted by Gasteiger charge is -2.29. The summed E-state index contributed by atoms with van der Waals surface area (Å²) in [5.41, 5.74) is 5.83. The summed E-state index contributed by atoms with van der Waals surface area (Å²) in [7, 11) is 0. The zero-order valence-electron chi connectivity index (χ0n) is 14.8. The van der Waals surface area contributed by atoms with Crippen LogP contribution in [0.3, 0.4) is 0 Å². The van der Waals surface area contributed by atoms with Crippen LogP contribution in [-0.2, 0) is 24.3 Å². The zero-order valence-corrected chi connectivity index (χ0v) is 16.4. The minimum atomic E-state index is 0.109. The minimum absolute atomic E-state index is 0.109. The summed E-state index contributed by atoms with van der Waals surface area (Å²) in [6.45, 7) is 7.00. The maximum Gasteiger partial charge on any atom is 0.227 e. The summed E-state index contributed by atoms with van der Waals surface area (Å²) in [5.74, 6) is 0.310. The Morgan fingerprint density at radius 2 is 1.96 bits per heavy atom. The van der Waals surface area contributed by atoms with Gasteiger partial charge in [0.2, 0.25) is 5.91 Å². The molecule has 2 aliphatic rings. The highest BCUT2D eigenvalue weighted by Gasteiger charge is 2.29. The lowest BCUT2D eigenvalue weighted by molar-refractivity contribution is -0.121. The van der Waals surface area contributed by atoms with Crippen LogP contribution < -0.4 is 5.32 Å². The fraction of sp³-hybridized carbons (Fsp3) is 0.318. The molecule has 0 saturated heterocycles. The standard InChI is InChI=1S/C22H23BrN2O/c1-15(24-22(26)18-9-10-18)17-7-5-16(6-8-17)13-25-12-11-20-19(14-25)3-2-4-21(20)23/h2-8,18H,1,9-14H2,(H,24,26). The van der Waals surface area contributed by atoms with Gasteiger partial charge < -0.3 is 5.32 Å². The van der Waals surface area contributed by atoms with Crippen molar-refractivity contribution in [2.75, 3.05) is 6.54 Å². The molecule has 0 spiro atoms. The molecule has 0 atom stereocenters. The number of amides is 1. The topological polar surface area (TPSA) is 32.3 Å². The summed E-state index contributed by atoms with van der Waals surface area (Å²) in [6.07, 6.45) is 3.10. The number of hydrogen-bond acceptors (Lipinski definition) is 2. The molecule has 0 radical (unpaired) electrons. The van der Waals surface area contributed by atoms with Gasteiger partial charge in [-0.1, -0.05) is 58.9 Å². The number of rotatable bonds is 5. The molecule has 4 heteroatoms. The monoisotopic (exact) mass is 410 g/mol. The van der Waals surface area contributed by atoms with E-state index in [1.54, 1.807) is 0 Å². The first-order valence-corrected chi connectivity index (χ1v) is 9.97. The van der Waals surface area contributed by atoms with Crippen molar-refractivity contribution in [2.24, 2.45) is 5.92 Å². The van der Waals surface area contributed by atoms with Crippen LogP contribution in [0.4, 0.5) is 0 Å². The average molecular weight is 411 g/mol. The van der Waals surface area contributed by atoms with Gasteiger partial charge in [0, 0.05) is 35.7 Å². The maximum atomic E-state index is 11.9. The van der Waals surface area contributed by atoms with E-state index in [4.69, 9.17) is 0 Å². The van der Waals surface area contributed by atoms with Gasteiger partial charge in [-0.05, 0) is 47.6 Å². The van der Waals surface area contributed by atoms with E-state index in [-0.39, 0.29) is 11.8 Å². The van der Waals surface area contributed by atoms with Crippen LogP contribution in [0.5, 0.6) is 0 Å². The van der Waals surface area contributed by atoms with Crippen LogP contribution >= 0.6 is 15.9 Å². The number of benzene rings is 2. The largest absolute Gasteiger partial charge is 0.326 e. The first-order valence-electron chi connectivity index (χ1n) is 9.18. The third-order valence-electron chi connectivity index (χ3n) is 5.22. The molecule has 1 aliphatic carbocycles. The summed E-state index contributed by atoms with van der Waals surface area (Å²) in [5, 5.41) is 2.93. The first-order chi connectivity index (χ1) is 12.6. The number of fused-ring (bicyclic) bond motifs is 1. The highest BCUT2D eigenvalue weighted by molar-refractivity contribution is 9.10. The van der Waals surface area contributed by atoms with Gasteiger partial charge in [0.25, 0.3) is 0 Å². The molecule has 2 aromatic carbocycles. The van der Waals surface area contributed by atoms with Crippen LogP contribution in [0.2, 0.25) is 0 Å². The Kier molecular flexibility index (Phi) is 4.96. The summed E-state index contributed by atoms with van der Waals surface area (Å²) in [6, 6.07) is 14.9. The summed E-state index contributed by atoms with van der Waals surface area (Å²) < 4.78 is 1.23. The Bertz CT molecular complexity index is 840. The Hall–Kier alpha value is -1.91. The van der Waals surface area contributed by atoms with E-state index in [0.717, 1.165) is 44.5 Å². The highest BCUT2D eigenvalue weighted by Crippen LogP contribution is 2.30. The molecular formula is C22H23BrN2O. The van der Waals surface area contributed by atoms with Gasteiger partial charge in [-0.3, -0.25) is 9.69 Å². The Balaban J connectivity index is 1.37. The van der Waals surface area contributed by atoms with E-state index in [1.165, 1.54) is 21.2 Å². The van der Waals surface area contributed by atoms with Crippen molar-refractivity contribution in [2.45, 2.75) is 32.4 Å². The van der Waals surface area contributed by atoms with E-state index in [0.29, 0.717) is 5.70 Å². The molecular weight excluding hydrogens is 388 g/mol. The molecule has 4 rings (SSSR count). The molecule has 1 aliphatic heterocycles. The van der Waals surface area contributed by atoms with Gasteiger partial charge in [0.15, 0.2) is 0 Å². The normalized spacial score (nSPS) is 16.8. The number of carbonyl (C=O) groups is 1. The van der Waals surface area contributed by atoms with E-state index in [9.17, 15) is 4.79 Å². The molecule has 1 N–H and O–H groups in total. The number of nitrogens with one attached hydrogen (secondary N) is 1. The second-order valence-corrected chi connectivity index (χ2v) is 8.13. The van der Waals surface area contributed by atoms with Crippen molar-refractivity contribution in [1.82, 2.24) is 10.2 Å². The van der Waals surface area contributed by atoms with Gasteiger partial charge >= 0.3 is 0 Å². The van der Waals surface area contributed by atoms with Crippen LogP contribution in [-0.4, -0.2) is 17.4 Å². The van der Waals surface area contributed by atoms with Crippen molar-refractivity contribution < 1.29 is 4.79 Å². The van der Waals surface area contributed by atoms with E-state index >= 15 is 0 Å². The number of carbonyl (C=O) groups excluding carboxylic acids is 1. The maximum absolute atomic E-state index is 11.9. The molecule has 1 fully saturated rings. The summed E-state index contributed by atoms with van der Waals surface area (Å²) in [4.78, 5) is 14.3. The molecule has 0 unspecified atom stereocenters. The molecule has 2 aromatic rings. The van der Waals surface area contributed by atoms with Crippen LogP contribution in [0.25, 0.3) is 5.70 Å². The molecule has 3 nitrogen and oxygen atoms in total. The van der Waals surface area contributed by atoms with Gasteiger partial charge in [0.05, 0.1) is 0 Å². The number of nitrogens with zero attached hydrogens (tertiary/aromatic N) is 1. The predicted octanol–water partition coefficient (Wildman–Crippen LogP) is 4.50. The fourth-order valence-corrected chi connectivity index (χ4v) is 4.10. The van der Waals surface area contributed by atoms with Crippen molar-refractivity contribution in [3.8, 4) is 0 Å². The third-order valence-corrected chi connectivity index (χ3v) is 5.96. The van der Waals surface area contributed by atoms with Crippen LogP contribution in [0.1, 0.15) is 35.1 Å². The Morgan fingerprint density at radius 3 is 2.69 bits per heavy atom.